The molecule has 0 heterocycles. The molecule has 2 aromatic carbocycles. The maximum absolute atomic E-state index is 10.7. The van der Waals surface area contributed by atoms with E-state index < -0.39 is 4.92 Å². The van der Waals surface area contributed by atoms with Gasteiger partial charge in [-0.25, -0.2) is 0 Å². The minimum atomic E-state index is -0.474. The van der Waals surface area contributed by atoms with Crippen molar-refractivity contribution in [3.05, 3.63) is 67.7 Å². The van der Waals surface area contributed by atoms with Gasteiger partial charge in [-0.15, -0.1) is 0 Å². The Hall–Kier alpha value is -1.91. The molecular weight excluding hydrogens is 299 g/mol. The molecule has 0 bridgehead atoms. The lowest BCUT2D eigenvalue weighted by Crippen LogP contribution is -1.91. The first-order valence-electron chi connectivity index (χ1n) is 5.72. The van der Waals surface area contributed by atoms with E-state index in [1.165, 1.54) is 24.4 Å². The van der Waals surface area contributed by atoms with Gasteiger partial charge in [-0.1, -0.05) is 29.3 Å². The molecule has 4 nitrogen and oxygen atoms in total. The highest BCUT2D eigenvalue weighted by molar-refractivity contribution is 6.33. The third-order valence-electron chi connectivity index (χ3n) is 2.77. The Balaban J connectivity index is 2.38. The summed E-state index contributed by atoms with van der Waals surface area (Å²) in [5.74, 6) is 0. The minimum absolute atomic E-state index is 0.0290. The number of non-ortho nitro benzene ring substituents is 1. The Morgan fingerprint density at radius 3 is 2.65 bits per heavy atom. The molecule has 0 aliphatic carbocycles. The van der Waals surface area contributed by atoms with Crippen LogP contribution in [0, 0.1) is 17.0 Å². The maximum Gasteiger partial charge on any atom is 0.270 e. The van der Waals surface area contributed by atoms with Crippen molar-refractivity contribution in [3.63, 3.8) is 0 Å². The lowest BCUT2D eigenvalue weighted by atomic mass is 10.2. The number of hydrogen-bond donors (Lipinski definition) is 0. The standard InChI is InChI=1S/C14H10Cl2N2O2/c1-9-12(15)3-2-4-14(9)17-8-10-7-11(18(19)20)5-6-13(10)16/h2-8H,1H3. The summed E-state index contributed by atoms with van der Waals surface area (Å²) >= 11 is 12.0. The van der Waals surface area contributed by atoms with Crippen molar-refractivity contribution in [2.24, 2.45) is 4.99 Å². The molecule has 0 N–H and O–H groups in total. The summed E-state index contributed by atoms with van der Waals surface area (Å²) in [6.45, 7) is 1.85. The number of nitro benzene ring substituents is 1. The second-order valence-corrected chi connectivity index (χ2v) is 4.92. The van der Waals surface area contributed by atoms with Gasteiger partial charge in [-0.3, -0.25) is 15.1 Å². The van der Waals surface area contributed by atoms with Crippen LogP contribution in [0.25, 0.3) is 0 Å². The smallest absolute Gasteiger partial charge is 0.258 e. The maximum atomic E-state index is 10.7. The van der Waals surface area contributed by atoms with E-state index in [0.29, 0.717) is 21.3 Å². The molecule has 0 aliphatic rings. The lowest BCUT2D eigenvalue weighted by molar-refractivity contribution is -0.384. The fourth-order valence-corrected chi connectivity index (χ4v) is 1.95. The number of rotatable bonds is 3. The molecule has 0 saturated heterocycles. The first kappa shape index (κ1) is 14.5. The zero-order chi connectivity index (χ0) is 14.7. The Labute approximate surface area is 125 Å². The van der Waals surface area contributed by atoms with Gasteiger partial charge < -0.3 is 0 Å². The Kier molecular flexibility index (Phi) is 4.37. The van der Waals surface area contributed by atoms with Crippen molar-refractivity contribution in [1.82, 2.24) is 0 Å². The Morgan fingerprint density at radius 1 is 1.20 bits per heavy atom. The zero-order valence-electron chi connectivity index (χ0n) is 10.5. The van der Waals surface area contributed by atoms with Crippen LogP contribution >= 0.6 is 23.2 Å². The molecule has 102 valence electrons. The van der Waals surface area contributed by atoms with Crippen LogP contribution in [0.1, 0.15) is 11.1 Å². The Bertz CT molecular complexity index is 700. The largest absolute Gasteiger partial charge is 0.270 e. The van der Waals surface area contributed by atoms with E-state index in [0.717, 1.165) is 5.56 Å². The number of nitro groups is 1. The lowest BCUT2D eigenvalue weighted by Gasteiger charge is -2.02. The van der Waals surface area contributed by atoms with Crippen LogP contribution in [0.4, 0.5) is 11.4 Å². The van der Waals surface area contributed by atoms with Crippen molar-refractivity contribution in [1.29, 1.82) is 0 Å². The van der Waals surface area contributed by atoms with Crippen LogP contribution in [0.15, 0.2) is 41.4 Å². The zero-order valence-corrected chi connectivity index (χ0v) is 12.0. The number of nitrogens with zero attached hydrogens (tertiary/aromatic N) is 2. The summed E-state index contributed by atoms with van der Waals surface area (Å²) in [6.07, 6.45) is 1.49. The van der Waals surface area contributed by atoms with E-state index >= 15 is 0 Å². The molecule has 2 rings (SSSR count). The fraction of sp³-hybridized carbons (Fsp3) is 0.0714. The summed E-state index contributed by atoms with van der Waals surface area (Å²) in [6, 6.07) is 9.58. The highest BCUT2D eigenvalue weighted by Gasteiger charge is 2.08. The molecule has 0 aliphatic heterocycles. The van der Waals surface area contributed by atoms with Gasteiger partial charge in [0.1, 0.15) is 0 Å². The number of aliphatic imine (C=N–C) groups is 1. The van der Waals surface area contributed by atoms with Gasteiger partial charge in [0, 0.05) is 34.0 Å². The van der Waals surface area contributed by atoms with Crippen molar-refractivity contribution in [2.45, 2.75) is 6.92 Å². The van der Waals surface area contributed by atoms with E-state index in [9.17, 15) is 10.1 Å². The van der Waals surface area contributed by atoms with Crippen LogP contribution < -0.4 is 0 Å². The van der Waals surface area contributed by atoms with Gasteiger partial charge in [-0.05, 0) is 30.7 Å². The quantitative estimate of drug-likeness (QED) is 0.457. The van der Waals surface area contributed by atoms with Crippen molar-refractivity contribution in [2.75, 3.05) is 0 Å². The van der Waals surface area contributed by atoms with Crippen LogP contribution in [-0.2, 0) is 0 Å². The van der Waals surface area contributed by atoms with Crippen LogP contribution in [0.5, 0.6) is 0 Å². The average molecular weight is 309 g/mol. The van der Waals surface area contributed by atoms with Gasteiger partial charge >= 0.3 is 0 Å². The molecule has 0 radical (unpaired) electrons. The van der Waals surface area contributed by atoms with Gasteiger partial charge in [0.15, 0.2) is 0 Å². The normalized spacial score (nSPS) is 10.9. The van der Waals surface area contributed by atoms with Gasteiger partial charge in [-0.2, -0.15) is 0 Å². The summed E-state index contributed by atoms with van der Waals surface area (Å²) in [5, 5.41) is 11.8. The molecule has 0 aromatic heterocycles. The second kappa shape index (κ2) is 6.03. The van der Waals surface area contributed by atoms with Crippen LogP contribution in [0.3, 0.4) is 0 Å². The topological polar surface area (TPSA) is 55.5 Å². The summed E-state index contributed by atoms with van der Waals surface area (Å²) < 4.78 is 0. The molecule has 2 aromatic rings. The molecule has 0 saturated carbocycles. The van der Waals surface area contributed by atoms with E-state index in [2.05, 4.69) is 4.99 Å². The van der Waals surface area contributed by atoms with Crippen molar-refractivity contribution < 1.29 is 4.92 Å². The predicted octanol–water partition coefficient (Wildman–Crippen LogP) is 4.96. The summed E-state index contributed by atoms with van der Waals surface area (Å²) in [4.78, 5) is 14.5. The molecule has 0 atom stereocenters. The fourth-order valence-electron chi connectivity index (χ4n) is 1.62. The average Bonchev–Trinajstić information content (AvgIpc) is 2.41. The second-order valence-electron chi connectivity index (χ2n) is 4.11. The SMILES string of the molecule is Cc1c(Cl)cccc1N=Cc1cc([N+](=O)[O-])ccc1Cl. The number of benzene rings is 2. The molecule has 0 spiro atoms. The third-order valence-corrected chi connectivity index (χ3v) is 3.53. The molecule has 20 heavy (non-hydrogen) atoms. The third kappa shape index (κ3) is 3.15. The van der Waals surface area contributed by atoms with E-state index in [4.69, 9.17) is 23.2 Å². The van der Waals surface area contributed by atoms with Gasteiger partial charge in [0.2, 0.25) is 0 Å². The predicted molar refractivity (Wildman–Crippen MR) is 81.5 cm³/mol. The van der Waals surface area contributed by atoms with Gasteiger partial charge in [0.05, 0.1) is 10.6 Å². The van der Waals surface area contributed by atoms with E-state index in [1.54, 1.807) is 12.1 Å². The number of hydrogen-bond acceptors (Lipinski definition) is 3. The monoisotopic (exact) mass is 308 g/mol. The van der Waals surface area contributed by atoms with Gasteiger partial charge in [0.25, 0.3) is 5.69 Å². The van der Waals surface area contributed by atoms with Crippen LogP contribution in [0.2, 0.25) is 10.0 Å². The minimum Gasteiger partial charge on any atom is -0.258 e. The molecule has 0 fully saturated rings. The highest BCUT2D eigenvalue weighted by atomic mass is 35.5. The Morgan fingerprint density at radius 2 is 1.95 bits per heavy atom. The van der Waals surface area contributed by atoms with Crippen LogP contribution in [-0.4, -0.2) is 11.1 Å². The number of halogens is 2. The highest BCUT2D eigenvalue weighted by Crippen LogP contribution is 2.26. The molecule has 0 amide bonds. The van der Waals surface area contributed by atoms with E-state index in [-0.39, 0.29) is 5.69 Å². The molecular formula is C14H10Cl2N2O2. The first-order valence-corrected chi connectivity index (χ1v) is 6.48. The summed E-state index contributed by atoms with van der Waals surface area (Å²) in [5.41, 5.74) is 1.99. The van der Waals surface area contributed by atoms with Crippen molar-refractivity contribution in [3.8, 4) is 0 Å². The molecule has 6 heteroatoms. The molecule has 0 unspecified atom stereocenters. The van der Waals surface area contributed by atoms with E-state index in [1.807, 2.05) is 13.0 Å². The first-order chi connectivity index (χ1) is 9.49. The van der Waals surface area contributed by atoms with Crippen molar-refractivity contribution >= 4 is 40.8 Å². The summed E-state index contributed by atoms with van der Waals surface area (Å²) in [7, 11) is 0.